The van der Waals surface area contributed by atoms with E-state index in [0.717, 1.165) is 28.8 Å². The van der Waals surface area contributed by atoms with Gasteiger partial charge in [0.05, 0.1) is 51.8 Å². The Bertz CT molecular complexity index is 1290. The fourth-order valence-corrected chi connectivity index (χ4v) is 5.51. The molecule has 0 spiro atoms. The quantitative estimate of drug-likeness (QED) is 0.155. The lowest BCUT2D eigenvalue weighted by Gasteiger charge is -2.48. The van der Waals surface area contributed by atoms with Crippen LogP contribution in [0.25, 0.3) is 0 Å². The molecule has 0 radical (unpaired) electrons. The molecular weight excluding hydrogens is 538 g/mol. The maximum atomic E-state index is 6.81. The smallest absolute Gasteiger partial charge is 0.113 e. The van der Waals surface area contributed by atoms with E-state index in [1.54, 1.807) is 7.11 Å². The third-order valence-electron chi connectivity index (χ3n) is 7.81. The van der Waals surface area contributed by atoms with Gasteiger partial charge in [-0.3, -0.25) is 4.90 Å². The van der Waals surface area contributed by atoms with Crippen LogP contribution in [0.4, 0.5) is 0 Å². The number of rotatable bonds is 16. The van der Waals surface area contributed by atoms with Crippen molar-refractivity contribution in [3.8, 4) is 0 Å². The predicted octanol–water partition coefficient (Wildman–Crippen LogP) is 6.29. The Kier molecular flexibility index (Phi) is 12.3. The van der Waals surface area contributed by atoms with Crippen LogP contribution in [0, 0.1) is 0 Å². The van der Waals surface area contributed by atoms with Gasteiger partial charge in [-0.25, -0.2) is 0 Å². The average molecular weight is 582 g/mol. The van der Waals surface area contributed by atoms with E-state index in [1.165, 1.54) is 0 Å². The number of hydrogen-bond acceptors (Lipinski definition) is 6. The summed E-state index contributed by atoms with van der Waals surface area (Å²) in [5.74, 6) is 0. The molecule has 0 aliphatic carbocycles. The molecule has 0 amide bonds. The van der Waals surface area contributed by atoms with Crippen molar-refractivity contribution in [1.82, 2.24) is 4.90 Å². The molecule has 4 atom stereocenters. The minimum atomic E-state index is -0.309. The fourth-order valence-electron chi connectivity index (χ4n) is 5.51. The van der Waals surface area contributed by atoms with Crippen molar-refractivity contribution in [2.45, 2.75) is 50.8 Å². The van der Waals surface area contributed by atoms with Gasteiger partial charge < -0.3 is 23.7 Å². The van der Waals surface area contributed by atoms with Gasteiger partial charge in [0.25, 0.3) is 0 Å². The summed E-state index contributed by atoms with van der Waals surface area (Å²) in [5.41, 5.74) is 4.50. The van der Waals surface area contributed by atoms with Gasteiger partial charge in [-0.15, -0.1) is 0 Å². The number of benzene rings is 4. The second-order valence-corrected chi connectivity index (χ2v) is 10.9. The first-order valence-corrected chi connectivity index (χ1v) is 15.1. The Hall–Kier alpha value is -3.36. The maximum Gasteiger partial charge on any atom is 0.113 e. The molecule has 0 N–H and O–H groups in total. The first-order chi connectivity index (χ1) is 21.3. The van der Waals surface area contributed by atoms with Gasteiger partial charge in [0.1, 0.15) is 12.2 Å². The summed E-state index contributed by atoms with van der Waals surface area (Å²) in [5, 5.41) is 0. The molecule has 4 aromatic rings. The molecule has 43 heavy (non-hydrogen) atoms. The molecule has 1 heterocycles. The Morgan fingerprint density at radius 3 is 1.49 bits per heavy atom. The van der Waals surface area contributed by atoms with Gasteiger partial charge in [-0.1, -0.05) is 121 Å². The van der Waals surface area contributed by atoms with Gasteiger partial charge >= 0.3 is 0 Å². The minimum Gasteiger partial charge on any atom is -0.383 e. The van der Waals surface area contributed by atoms with Crippen molar-refractivity contribution in [3.05, 3.63) is 144 Å². The van der Waals surface area contributed by atoms with Crippen LogP contribution in [0.15, 0.2) is 121 Å². The van der Waals surface area contributed by atoms with E-state index in [0.29, 0.717) is 46.2 Å². The van der Waals surface area contributed by atoms with Gasteiger partial charge in [-0.05, 0) is 22.3 Å². The molecule has 0 saturated carbocycles. The van der Waals surface area contributed by atoms with Crippen molar-refractivity contribution in [2.24, 2.45) is 0 Å². The van der Waals surface area contributed by atoms with E-state index < -0.39 is 0 Å². The molecule has 1 aliphatic heterocycles. The monoisotopic (exact) mass is 581 g/mol. The zero-order chi connectivity index (χ0) is 29.5. The normalized spacial score (nSPS) is 20.7. The molecule has 6 nitrogen and oxygen atoms in total. The van der Waals surface area contributed by atoms with Crippen LogP contribution in [0.3, 0.4) is 0 Å². The van der Waals surface area contributed by atoms with Gasteiger partial charge in [0.2, 0.25) is 0 Å². The number of ether oxygens (including phenoxy) is 5. The Labute approximate surface area is 256 Å². The van der Waals surface area contributed by atoms with Gasteiger partial charge in [0, 0.05) is 20.2 Å². The molecule has 0 bridgehead atoms. The van der Waals surface area contributed by atoms with Crippen LogP contribution >= 0.6 is 0 Å². The fraction of sp³-hybridized carbons (Fsp3) is 0.351. The number of hydrogen-bond donors (Lipinski definition) is 0. The lowest BCUT2D eigenvalue weighted by atomic mass is 9.93. The van der Waals surface area contributed by atoms with Gasteiger partial charge in [0.15, 0.2) is 0 Å². The molecule has 0 aromatic heterocycles. The molecule has 1 aliphatic rings. The summed E-state index contributed by atoms with van der Waals surface area (Å²) >= 11 is 0. The summed E-state index contributed by atoms with van der Waals surface area (Å²) in [7, 11) is 1.74. The summed E-state index contributed by atoms with van der Waals surface area (Å²) in [6, 6.07) is 41.1. The summed E-state index contributed by atoms with van der Waals surface area (Å²) in [6.07, 6.45) is -0.824. The Morgan fingerprint density at radius 1 is 0.558 bits per heavy atom. The molecule has 226 valence electrons. The third-order valence-corrected chi connectivity index (χ3v) is 7.81. The van der Waals surface area contributed by atoms with E-state index in [1.807, 2.05) is 72.8 Å². The standard InChI is InChI=1S/C37H43NO5/c1-39-23-22-38-24-35(41-26-31-16-8-3-9-17-31)37(43-28-33-20-12-5-13-21-33)36(42-27-32-18-10-4-11-19-32)34(38)29-40-25-30-14-6-2-7-15-30/h2-21,34-37H,22-29H2,1H3/t34-,35+,36-,37-/m1/s1. The van der Waals surface area contributed by atoms with Crippen LogP contribution in [0.1, 0.15) is 22.3 Å². The Morgan fingerprint density at radius 2 is 1.00 bits per heavy atom. The third kappa shape index (κ3) is 9.57. The second-order valence-electron chi connectivity index (χ2n) is 10.9. The van der Waals surface area contributed by atoms with E-state index in [-0.39, 0.29) is 24.4 Å². The highest BCUT2D eigenvalue weighted by atomic mass is 16.6. The van der Waals surface area contributed by atoms with E-state index in [4.69, 9.17) is 23.7 Å². The van der Waals surface area contributed by atoms with Crippen LogP contribution in [-0.4, -0.2) is 62.7 Å². The molecule has 4 aromatic carbocycles. The molecule has 6 heteroatoms. The van der Waals surface area contributed by atoms with Crippen LogP contribution in [0.2, 0.25) is 0 Å². The minimum absolute atomic E-state index is 0.0556. The van der Waals surface area contributed by atoms with Gasteiger partial charge in [-0.2, -0.15) is 0 Å². The van der Waals surface area contributed by atoms with Crippen LogP contribution < -0.4 is 0 Å². The highest BCUT2D eigenvalue weighted by molar-refractivity contribution is 5.16. The number of piperidine rings is 1. The topological polar surface area (TPSA) is 49.4 Å². The lowest BCUT2D eigenvalue weighted by molar-refractivity contribution is -0.211. The maximum absolute atomic E-state index is 6.81. The number of methoxy groups -OCH3 is 1. The molecule has 0 unspecified atom stereocenters. The average Bonchev–Trinajstić information content (AvgIpc) is 3.07. The van der Waals surface area contributed by atoms with E-state index >= 15 is 0 Å². The van der Waals surface area contributed by atoms with Crippen molar-refractivity contribution in [1.29, 1.82) is 0 Å². The first-order valence-electron chi connectivity index (χ1n) is 15.1. The Balaban J connectivity index is 1.41. The van der Waals surface area contributed by atoms with E-state index in [2.05, 4.69) is 53.4 Å². The predicted molar refractivity (Wildman–Crippen MR) is 168 cm³/mol. The van der Waals surface area contributed by atoms with Crippen molar-refractivity contribution in [3.63, 3.8) is 0 Å². The second kappa shape index (κ2) is 17.1. The molecule has 1 saturated heterocycles. The highest BCUT2D eigenvalue weighted by Gasteiger charge is 2.46. The zero-order valence-corrected chi connectivity index (χ0v) is 25.0. The largest absolute Gasteiger partial charge is 0.383 e. The van der Waals surface area contributed by atoms with Crippen LogP contribution in [-0.2, 0) is 50.1 Å². The molecule has 5 rings (SSSR count). The summed E-state index contributed by atoms with van der Waals surface area (Å²) in [6.45, 7) is 4.47. The number of likely N-dealkylation sites (tertiary alicyclic amines) is 1. The number of nitrogens with zero attached hydrogens (tertiary/aromatic N) is 1. The lowest BCUT2D eigenvalue weighted by Crippen LogP contribution is -2.65. The van der Waals surface area contributed by atoms with Crippen molar-refractivity contribution < 1.29 is 23.7 Å². The van der Waals surface area contributed by atoms with Crippen molar-refractivity contribution >= 4 is 0 Å². The summed E-state index contributed by atoms with van der Waals surface area (Å²) in [4.78, 5) is 2.39. The highest BCUT2D eigenvalue weighted by Crippen LogP contribution is 2.29. The SMILES string of the molecule is COCCN1C[C@H](OCc2ccccc2)[C@@H](OCc2ccccc2)[C@H](OCc2ccccc2)[C@H]1COCc1ccccc1. The summed E-state index contributed by atoms with van der Waals surface area (Å²) < 4.78 is 32.1. The van der Waals surface area contributed by atoms with Crippen LogP contribution in [0.5, 0.6) is 0 Å². The van der Waals surface area contributed by atoms with E-state index in [9.17, 15) is 0 Å². The molecule has 1 fully saturated rings. The first kappa shape index (κ1) is 31.1. The zero-order valence-electron chi connectivity index (χ0n) is 25.0. The molecular formula is C37H43NO5. The van der Waals surface area contributed by atoms with Crippen molar-refractivity contribution in [2.75, 3.05) is 33.4 Å².